The maximum Gasteiger partial charge on any atom is 0.242 e. The van der Waals surface area contributed by atoms with Crippen LogP contribution in [0.3, 0.4) is 0 Å². The Bertz CT molecular complexity index is 1190. The minimum Gasteiger partial charge on any atom is -0.486 e. The van der Waals surface area contributed by atoms with Crippen molar-refractivity contribution < 1.29 is 27.5 Å². The van der Waals surface area contributed by atoms with Crippen LogP contribution in [0.25, 0.3) is 0 Å². The molecule has 0 spiro atoms. The standard InChI is InChI=1S/C28H39N3O6S/c1-21(2)20-29-28(33)22(3)30(16-14-23-9-6-5-7-10-23)27(32)11-8-15-31(38(4,34)35)24-12-13-25-26(19-24)37-18-17-36-25/h5-7,9-10,12-13,19,21-22H,8,11,14-18,20H2,1-4H3,(H,29,33)/t22-/m0/s1. The average molecular weight is 546 g/mol. The van der Waals surface area contributed by atoms with Crippen LogP contribution in [-0.4, -0.2) is 70.3 Å². The third kappa shape index (κ3) is 8.37. The molecule has 0 unspecified atom stereocenters. The summed E-state index contributed by atoms with van der Waals surface area (Å²) in [4.78, 5) is 27.7. The van der Waals surface area contributed by atoms with Crippen LogP contribution in [0, 0.1) is 5.92 Å². The highest BCUT2D eigenvalue weighted by molar-refractivity contribution is 7.92. The second-order valence-corrected chi connectivity index (χ2v) is 11.8. The Morgan fingerprint density at radius 2 is 1.66 bits per heavy atom. The van der Waals surface area contributed by atoms with E-state index < -0.39 is 16.1 Å². The lowest BCUT2D eigenvalue weighted by Gasteiger charge is -2.30. The first-order valence-electron chi connectivity index (χ1n) is 13.0. The van der Waals surface area contributed by atoms with Gasteiger partial charge in [-0.3, -0.25) is 13.9 Å². The number of rotatable bonds is 13. The van der Waals surface area contributed by atoms with Crippen molar-refractivity contribution in [3.63, 3.8) is 0 Å². The van der Waals surface area contributed by atoms with Crippen molar-refractivity contribution in [2.24, 2.45) is 5.92 Å². The molecule has 1 heterocycles. The molecule has 1 aliphatic heterocycles. The van der Waals surface area contributed by atoms with Crippen molar-refractivity contribution in [3.05, 3.63) is 54.1 Å². The SMILES string of the molecule is CC(C)CNC(=O)[C@H](C)N(CCc1ccccc1)C(=O)CCCN(c1ccc2c(c1)OCCO2)S(C)(=O)=O. The van der Waals surface area contributed by atoms with E-state index in [1.807, 2.05) is 44.2 Å². The molecule has 1 aliphatic rings. The predicted molar refractivity (Wildman–Crippen MR) is 148 cm³/mol. The molecule has 3 rings (SSSR count). The van der Waals surface area contributed by atoms with Gasteiger partial charge in [-0.2, -0.15) is 0 Å². The molecule has 2 amide bonds. The summed E-state index contributed by atoms with van der Waals surface area (Å²) in [6, 6.07) is 14.2. The molecule has 2 aromatic rings. The van der Waals surface area contributed by atoms with E-state index >= 15 is 0 Å². The number of amides is 2. The van der Waals surface area contributed by atoms with Crippen molar-refractivity contribution >= 4 is 27.5 Å². The normalized spacial score (nSPS) is 13.6. The van der Waals surface area contributed by atoms with Gasteiger partial charge >= 0.3 is 0 Å². The van der Waals surface area contributed by atoms with E-state index in [1.54, 1.807) is 30.0 Å². The van der Waals surface area contributed by atoms with E-state index in [2.05, 4.69) is 5.32 Å². The summed E-state index contributed by atoms with van der Waals surface area (Å²) < 4.78 is 37.6. The van der Waals surface area contributed by atoms with Crippen LogP contribution in [0.5, 0.6) is 11.5 Å². The van der Waals surface area contributed by atoms with Crippen molar-refractivity contribution in [2.45, 2.75) is 46.1 Å². The van der Waals surface area contributed by atoms with E-state index in [0.29, 0.717) is 62.2 Å². The van der Waals surface area contributed by atoms with Gasteiger partial charge in [0.25, 0.3) is 0 Å². The number of nitrogens with one attached hydrogen (secondary N) is 1. The summed E-state index contributed by atoms with van der Waals surface area (Å²) >= 11 is 0. The lowest BCUT2D eigenvalue weighted by molar-refractivity contribution is -0.140. The summed E-state index contributed by atoms with van der Waals surface area (Å²) in [6.07, 6.45) is 2.15. The molecule has 9 nitrogen and oxygen atoms in total. The Morgan fingerprint density at radius 1 is 0.974 bits per heavy atom. The zero-order chi connectivity index (χ0) is 27.7. The Labute approximate surface area is 226 Å². The zero-order valence-electron chi connectivity index (χ0n) is 22.7. The first kappa shape index (κ1) is 29.3. The summed E-state index contributed by atoms with van der Waals surface area (Å²) in [6.45, 7) is 7.63. The minimum absolute atomic E-state index is 0.104. The van der Waals surface area contributed by atoms with Crippen LogP contribution >= 0.6 is 0 Å². The molecule has 0 radical (unpaired) electrons. The molecule has 2 aromatic carbocycles. The van der Waals surface area contributed by atoms with Crippen molar-refractivity contribution in [2.75, 3.05) is 43.4 Å². The largest absolute Gasteiger partial charge is 0.486 e. The fourth-order valence-electron chi connectivity index (χ4n) is 4.21. The second kappa shape index (κ2) is 13.5. The summed E-state index contributed by atoms with van der Waals surface area (Å²) in [5, 5.41) is 2.91. The van der Waals surface area contributed by atoms with E-state index in [4.69, 9.17) is 9.47 Å². The van der Waals surface area contributed by atoms with Gasteiger partial charge in [0, 0.05) is 32.1 Å². The van der Waals surface area contributed by atoms with Crippen LogP contribution in [0.4, 0.5) is 5.69 Å². The predicted octanol–water partition coefficient (Wildman–Crippen LogP) is 3.24. The number of anilines is 1. The Balaban J connectivity index is 1.68. The molecule has 0 saturated heterocycles. The van der Waals surface area contributed by atoms with E-state index in [1.165, 1.54) is 4.31 Å². The number of carbonyl (C=O) groups is 2. The molecule has 1 atom stereocenters. The van der Waals surface area contributed by atoms with Gasteiger partial charge in [0.05, 0.1) is 11.9 Å². The number of carbonyl (C=O) groups excluding carboxylic acids is 2. The summed E-state index contributed by atoms with van der Waals surface area (Å²) in [5.74, 6) is 0.967. The van der Waals surface area contributed by atoms with Gasteiger partial charge in [-0.05, 0) is 43.4 Å². The maximum atomic E-state index is 13.3. The number of hydrogen-bond acceptors (Lipinski definition) is 6. The molecule has 208 valence electrons. The summed E-state index contributed by atoms with van der Waals surface area (Å²) in [5.41, 5.74) is 1.52. The van der Waals surface area contributed by atoms with Crippen LogP contribution in [-0.2, 0) is 26.0 Å². The molecular formula is C28H39N3O6S. The van der Waals surface area contributed by atoms with Gasteiger partial charge in [-0.1, -0.05) is 44.2 Å². The third-order valence-corrected chi connectivity index (χ3v) is 7.50. The molecule has 0 aliphatic carbocycles. The molecular weight excluding hydrogens is 506 g/mol. The number of hydrogen-bond donors (Lipinski definition) is 1. The second-order valence-electron chi connectivity index (χ2n) is 9.90. The molecule has 10 heteroatoms. The first-order chi connectivity index (χ1) is 18.1. The molecule has 38 heavy (non-hydrogen) atoms. The van der Waals surface area contributed by atoms with Gasteiger partial charge in [0.1, 0.15) is 19.3 Å². The van der Waals surface area contributed by atoms with E-state index in [0.717, 1.165) is 11.8 Å². The fourth-order valence-corrected chi connectivity index (χ4v) is 5.17. The van der Waals surface area contributed by atoms with Crippen molar-refractivity contribution in [1.29, 1.82) is 0 Å². The van der Waals surface area contributed by atoms with Crippen LogP contribution in [0.1, 0.15) is 39.2 Å². The monoisotopic (exact) mass is 545 g/mol. The zero-order valence-corrected chi connectivity index (χ0v) is 23.5. The minimum atomic E-state index is -3.61. The molecule has 0 saturated carbocycles. The maximum absolute atomic E-state index is 13.3. The van der Waals surface area contributed by atoms with Crippen LogP contribution in [0.15, 0.2) is 48.5 Å². The van der Waals surface area contributed by atoms with Crippen LogP contribution < -0.4 is 19.1 Å². The quantitative estimate of drug-likeness (QED) is 0.414. The van der Waals surface area contributed by atoms with Gasteiger partial charge in [-0.25, -0.2) is 8.42 Å². The Hall–Kier alpha value is -3.27. The van der Waals surface area contributed by atoms with Gasteiger partial charge < -0.3 is 19.7 Å². The molecule has 0 fully saturated rings. The Morgan fingerprint density at radius 3 is 2.32 bits per heavy atom. The highest BCUT2D eigenvalue weighted by atomic mass is 32.2. The van der Waals surface area contributed by atoms with Gasteiger partial charge in [0.2, 0.25) is 21.8 Å². The summed E-state index contributed by atoms with van der Waals surface area (Å²) in [7, 11) is -3.61. The number of sulfonamides is 1. The van der Waals surface area contributed by atoms with Crippen molar-refractivity contribution in [1.82, 2.24) is 10.2 Å². The van der Waals surface area contributed by atoms with Gasteiger partial charge in [-0.15, -0.1) is 0 Å². The average Bonchev–Trinajstić information content (AvgIpc) is 2.89. The Kier molecular flexibility index (Phi) is 10.4. The van der Waals surface area contributed by atoms with Crippen LogP contribution in [0.2, 0.25) is 0 Å². The first-order valence-corrected chi connectivity index (χ1v) is 14.9. The smallest absolute Gasteiger partial charge is 0.242 e. The number of nitrogens with zero attached hydrogens (tertiary/aromatic N) is 2. The van der Waals surface area contributed by atoms with Gasteiger partial charge in [0.15, 0.2) is 11.5 Å². The molecule has 1 N–H and O–H groups in total. The molecule has 0 aromatic heterocycles. The fraction of sp³-hybridized carbons (Fsp3) is 0.500. The highest BCUT2D eigenvalue weighted by Gasteiger charge is 2.26. The number of ether oxygens (including phenoxy) is 2. The lowest BCUT2D eigenvalue weighted by atomic mass is 10.1. The van der Waals surface area contributed by atoms with E-state index in [9.17, 15) is 18.0 Å². The lowest BCUT2D eigenvalue weighted by Crippen LogP contribution is -2.49. The topological polar surface area (TPSA) is 105 Å². The van der Waals surface area contributed by atoms with E-state index in [-0.39, 0.29) is 24.8 Å². The number of fused-ring (bicyclic) bond motifs is 1. The molecule has 0 bridgehead atoms. The van der Waals surface area contributed by atoms with Crippen molar-refractivity contribution in [3.8, 4) is 11.5 Å². The third-order valence-electron chi connectivity index (χ3n) is 6.30. The highest BCUT2D eigenvalue weighted by Crippen LogP contribution is 2.34. The number of benzene rings is 2.